The summed E-state index contributed by atoms with van der Waals surface area (Å²) in [6.45, 7) is 6.49. The fraction of sp³-hybridized carbons (Fsp3) is 0.167. The zero-order valence-electron chi connectivity index (χ0n) is 16.6. The number of aromatic nitrogens is 3. The number of pyridine rings is 1. The maximum Gasteiger partial charge on any atom is 0.150 e. The van der Waals surface area contributed by atoms with Gasteiger partial charge in [0.05, 0.1) is 21.2 Å². The Morgan fingerprint density at radius 2 is 1.66 bits per heavy atom. The number of nitrogens with one attached hydrogen (secondary N) is 1. The highest BCUT2D eigenvalue weighted by Gasteiger charge is 2.27. The lowest BCUT2D eigenvalue weighted by Gasteiger charge is -2.22. The van der Waals surface area contributed by atoms with Crippen LogP contribution in [0, 0.1) is 0 Å². The van der Waals surface area contributed by atoms with Gasteiger partial charge in [0.15, 0.2) is 5.75 Å². The molecular weight excluding hydrogens is 378 g/mol. The summed E-state index contributed by atoms with van der Waals surface area (Å²) in [7, 11) is 0. The molecule has 2 aromatic heterocycles. The number of hydrogen-bond acceptors (Lipinski definition) is 4. The van der Waals surface area contributed by atoms with E-state index in [-0.39, 0.29) is 5.41 Å². The number of nitrogens with zero attached hydrogens (tertiary/aromatic N) is 2. The van der Waals surface area contributed by atoms with Crippen molar-refractivity contribution < 1.29 is 4.74 Å². The molecule has 0 saturated heterocycles. The number of benzene rings is 2. The van der Waals surface area contributed by atoms with Crippen LogP contribution in [-0.2, 0) is 5.41 Å². The van der Waals surface area contributed by atoms with Gasteiger partial charge in [-0.3, -0.25) is 4.98 Å². The Bertz CT molecular complexity index is 1190. The molecule has 4 aromatic rings. The molecule has 5 heteroatoms. The minimum Gasteiger partial charge on any atom is -0.454 e. The molecule has 0 unspecified atom stereocenters. The summed E-state index contributed by atoms with van der Waals surface area (Å²) in [5.41, 5.74) is 3.83. The van der Waals surface area contributed by atoms with E-state index in [4.69, 9.17) is 9.72 Å². The minimum absolute atomic E-state index is 0.100. The van der Waals surface area contributed by atoms with Crippen molar-refractivity contribution in [2.75, 3.05) is 0 Å². The molecule has 1 aliphatic heterocycles. The standard InChI is InChI=1S/C24H21N3OS/c1-24(2,3)23-26-20(15-11-13-25-14-12-15)21(27-23)16-7-6-10-19-22(16)28-17-8-4-5-9-18(17)29-19/h4-14H,1-3H3,(H,26,27). The molecule has 0 fully saturated rings. The van der Waals surface area contributed by atoms with Crippen LogP contribution >= 0.6 is 11.8 Å². The smallest absolute Gasteiger partial charge is 0.150 e. The topological polar surface area (TPSA) is 50.8 Å². The number of H-pyrrole nitrogens is 1. The quantitative estimate of drug-likeness (QED) is 0.359. The second-order valence-electron chi connectivity index (χ2n) is 8.08. The van der Waals surface area contributed by atoms with E-state index in [9.17, 15) is 0 Å². The molecule has 0 saturated carbocycles. The SMILES string of the molecule is CC(C)(C)c1nc(-c2ccncc2)c(-c2cccc3c2Oc2ccccc2S3)[nH]1. The zero-order valence-corrected chi connectivity index (χ0v) is 17.4. The average molecular weight is 400 g/mol. The molecule has 144 valence electrons. The maximum atomic E-state index is 6.37. The molecule has 0 atom stereocenters. The summed E-state index contributed by atoms with van der Waals surface area (Å²) in [4.78, 5) is 15.0. The Labute approximate surface area is 174 Å². The highest BCUT2D eigenvalue weighted by molar-refractivity contribution is 7.99. The summed E-state index contributed by atoms with van der Waals surface area (Å²) >= 11 is 1.74. The van der Waals surface area contributed by atoms with E-state index >= 15 is 0 Å². The van der Waals surface area contributed by atoms with E-state index in [1.807, 2.05) is 30.3 Å². The van der Waals surface area contributed by atoms with Crippen LogP contribution < -0.4 is 4.74 Å². The number of hydrogen-bond donors (Lipinski definition) is 1. The van der Waals surface area contributed by atoms with Crippen molar-refractivity contribution in [3.63, 3.8) is 0 Å². The molecule has 1 aliphatic rings. The third-order valence-corrected chi connectivity index (χ3v) is 6.00. The molecule has 4 nitrogen and oxygen atoms in total. The van der Waals surface area contributed by atoms with Crippen LogP contribution in [0.5, 0.6) is 11.5 Å². The number of imidazole rings is 1. The van der Waals surface area contributed by atoms with Gasteiger partial charge in [0, 0.05) is 28.9 Å². The second-order valence-corrected chi connectivity index (χ2v) is 9.16. The van der Waals surface area contributed by atoms with Crippen molar-refractivity contribution in [3.05, 3.63) is 72.8 Å². The molecule has 5 rings (SSSR count). The predicted molar refractivity (Wildman–Crippen MR) is 117 cm³/mol. The first-order valence-electron chi connectivity index (χ1n) is 9.60. The van der Waals surface area contributed by atoms with Crippen molar-refractivity contribution in [3.8, 4) is 34.0 Å². The Hall–Kier alpha value is -3.05. The van der Waals surface area contributed by atoms with E-state index < -0.39 is 0 Å². The third-order valence-electron chi connectivity index (χ3n) is 4.90. The van der Waals surface area contributed by atoms with E-state index in [1.54, 1.807) is 24.2 Å². The minimum atomic E-state index is -0.100. The van der Waals surface area contributed by atoms with Gasteiger partial charge in [-0.25, -0.2) is 4.98 Å². The predicted octanol–water partition coefficient (Wildman–Crippen LogP) is 6.69. The van der Waals surface area contributed by atoms with E-state index in [0.29, 0.717) is 0 Å². The molecule has 3 heterocycles. The van der Waals surface area contributed by atoms with Gasteiger partial charge in [-0.15, -0.1) is 0 Å². The summed E-state index contributed by atoms with van der Waals surface area (Å²) in [6, 6.07) is 18.4. The van der Waals surface area contributed by atoms with Crippen LogP contribution in [0.15, 0.2) is 76.8 Å². The largest absolute Gasteiger partial charge is 0.454 e. The van der Waals surface area contributed by atoms with Crippen molar-refractivity contribution >= 4 is 11.8 Å². The van der Waals surface area contributed by atoms with Crippen LogP contribution in [0.3, 0.4) is 0 Å². The number of ether oxygens (including phenoxy) is 1. The van der Waals surface area contributed by atoms with Gasteiger partial charge in [0.25, 0.3) is 0 Å². The molecule has 0 aliphatic carbocycles. The van der Waals surface area contributed by atoms with Crippen molar-refractivity contribution in [2.45, 2.75) is 36.0 Å². The number of para-hydroxylation sites is 2. The van der Waals surface area contributed by atoms with Crippen molar-refractivity contribution in [2.24, 2.45) is 0 Å². The van der Waals surface area contributed by atoms with Gasteiger partial charge in [-0.2, -0.15) is 0 Å². The molecule has 29 heavy (non-hydrogen) atoms. The normalized spacial score (nSPS) is 12.8. The lowest BCUT2D eigenvalue weighted by molar-refractivity contribution is 0.456. The number of aromatic amines is 1. The van der Waals surface area contributed by atoms with Gasteiger partial charge in [-0.05, 0) is 36.4 Å². The van der Waals surface area contributed by atoms with Gasteiger partial charge in [-0.1, -0.05) is 50.7 Å². The Morgan fingerprint density at radius 1 is 0.897 bits per heavy atom. The third kappa shape index (κ3) is 3.21. The van der Waals surface area contributed by atoms with Crippen LogP contribution in [0.1, 0.15) is 26.6 Å². The lowest BCUT2D eigenvalue weighted by Crippen LogP contribution is -2.13. The molecule has 0 spiro atoms. The zero-order chi connectivity index (χ0) is 20.0. The molecular formula is C24H21N3OS. The van der Waals surface area contributed by atoms with Crippen LogP contribution in [0.2, 0.25) is 0 Å². The lowest BCUT2D eigenvalue weighted by atomic mass is 9.96. The average Bonchev–Trinajstić information content (AvgIpc) is 3.18. The highest BCUT2D eigenvalue weighted by Crippen LogP contribution is 2.51. The molecule has 0 amide bonds. The number of fused-ring (bicyclic) bond motifs is 2. The van der Waals surface area contributed by atoms with Gasteiger partial charge in [0.1, 0.15) is 11.6 Å². The summed E-state index contributed by atoms with van der Waals surface area (Å²) < 4.78 is 6.37. The summed E-state index contributed by atoms with van der Waals surface area (Å²) in [6.07, 6.45) is 3.60. The van der Waals surface area contributed by atoms with Gasteiger partial charge in [0.2, 0.25) is 0 Å². The summed E-state index contributed by atoms with van der Waals surface area (Å²) in [5, 5.41) is 0. The van der Waals surface area contributed by atoms with E-state index in [0.717, 1.165) is 49.6 Å². The highest BCUT2D eigenvalue weighted by atomic mass is 32.2. The first kappa shape index (κ1) is 18.0. The van der Waals surface area contributed by atoms with Gasteiger partial charge >= 0.3 is 0 Å². The molecule has 0 radical (unpaired) electrons. The first-order chi connectivity index (χ1) is 14.0. The maximum absolute atomic E-state index is 6.37. The second kappa shape index (κ2) is 6.78. The van der Waals surface area contributed by atoms with Crippen molar-refractivity contribution in [1.29, 1.82) is 0 Å². The Kier molecular flexibility index (Phi) is 4.21. The first-order valence-corrected chi connectivity index (χ1v) is 10.4. The molecule has 2 aromatic carbocycles. The molecule has 0 bridgehead atoms. The van der Waals surface area contributed by atoms with E-state index in [2.05, 4.69) is 55.0 Å². The van der Waals surface area contributed by atoms with Crippen LogP contribution in [0.25, 0.3) is 22.5 Å². The van der Waals surface area contributed by atoms with Crippen LogP contribution in [0.4, 0.5) is 0 Å². The number of rotatable bonds is 2. The Balaban J connectivity index is 1.71. The fourth-order valence-electron chi connectivity index (χ4n) is 3.39. The fourth-order valence-corrected chi connectivity index (χ4v) is 4.37. The van der Waals surface area contributed by atoms with Crippen LogP contribution in [-0.4, -0.2) is 15.0 Å². The summed E-state index contributed by atoms with van der Waals surface area (Å²) in [5.74, 6) is 2.70. The van der Waals surface area contributed by atoms with Crippen molar-refractivity contribution in [1.82, 2.24) is 15.0 Å². The van der Waals surface area contributed by atoms with E-state index in [1.165, 1.54) is 0 Å². The molecule has 1 N–H and O–H groups in total. The Morgan fingerprint density at radius 3 is 2.45 bits per heavy atom. The monoisotopic (exact) mass is 399 g/mol. The van der Waals surface area contributed by atoms with Gasteiger partial charge < -0.3 is 9.72 Å².